The summed E-state index contributed by atoms with van der Waals surface area (Å²) < 4.78 is 4.73. The van der Waals surface area contributed by atoms with Crippen LogP contribution in [0.25, 0.3) is 0 Å². The molecule has 0 spiro atoms. The summed E-state index contributed by atoms with van der Waals surface area (Å²) in [5, 5.41) is 10.6. The van der Waals surface area contributed by atoms with Crippen LogP contribution in [0.1, 0.15) is 18.5 Å². The maximum absolute atomic E-state index is 4.73. The predicted molar refractivity (Wildman–Crippen MR) is 49.2 cm³/mol. The van der Waals surface area contributed by atoms with Crippen LogP contribution in [0.5, 0.6) is 0 Å². The summed E-state index contributed by atoms with van der Waals surface area (Å²) in [7, 11) is 0. The van der Waals surface area contributed by atoms with Gasteiger partial charge in [0, 0.05) is 25.2 Å². The van der Waals surface area contributed by atoms with Gasteiger partial charge in [0.05, 0.1) is 5.69 Å². The van der Waals surface area contributed by atoms with Crippen molar-refractivity contribution in [1.82, 2.24) is 15.8 Å². The molecule has 2 N–H and O–H groups in total. The molecule has 1 saturated heterocycles. The van der Waals surface area contributed by atoms with Gasteiger partial charge in [-0.2, -0.15) is 0 Å². The number of nitrogens with zero attached hydrogens (tertiary/aromatic N) is 1. The molecule has 1 atom stereocenters. The Morgan fingerprint density at radius 2 is 2.69 bits per heavy atom. The fourth-order valence-electron chi connectivity index (χ4n) is 1.63. The number of hydrogen-bond donors (Lipinski definition) is 2. The van der Waals surface area contributed by atoms with E-state index in [-0.39, 0.29) is 0 Å². The van der Waals surface area contributed by atoms with E-state index in [0.29, 0.717) is 6.04 Å². The Kier molecular flexibility index (Phi) is 2.94. The van der Waals surface area contributed by atoms with Gasteiger partial charge in [-0.25, -0.2) is 0 Å². The second kappa shape index (κ2) is 4.39. The van der Waals surface area contributed by atoms with Gasteiger partial charge in [-0.1, -0.05) is 5.16 Å². The Bertz CT molecular complexity index is 229. The lowest BCUT2D eigenvalue weighted by Gasteiger charge is -2.09. The van der Waals surface area contributed by atoms with Crippen LogP contribution in [-0.4, -0.2) is 24.3 Å². The zero-order valence-electron chi connectivity index (χ0n) is 7.62. The van der Waals surface area contributed by atoms with Gasteiger partial charge in [-0.05, 0) is 19.4 Å². The van der Waals surface area contributed by atoms with Crippen molar-refractivity contribution in [2.24, 2.45) is 0 Å². The molecule has 2 heterocycles. The first-order valence-electron chi connectivity index (χ1n) is 4.78. The zero-order valence-corrected chi connectivity index (χ0v) is 7.62. The molecule has 0 aromatic carbocycles. The lowest BCUT2D eigenvalue weighted by atomic mass is 10.2. The molecule has 1 aromatic rings. The number of aromatic nitrogens is 1. The molecule has 4 nitrogen and oxygen atoms in total. The van der Waals surface area contributed by atoms with Gasteiger partial charge in [-0.15, -0.1) is 0 Å². The predicted octanol–water partition coefficient (Wildman–Crippen LogP) is 0.516. The van der Waals surface area contributed by atoms with E-state index in [9.17, 15) is 0 Å². The summed E-state index contributed by atoms with van der Waals surface area (Å²) in [6.45, 7) is 2.98. The summed E-state index contributed by atoms with van der Waals surface area (Å²) in [6.07, 6.45) is 4.19. The van der Waals surface area contributed by atoms with E-state index in [4.69, 9.17) is 4.52 Å². The van der Waals surface area contributed by atoms with E-state index in [2.05, 4.69) is 15.8 Å². The minimum atomic E-state index is 0.645. The lowest BCUT2D eigenvalue weighted by Crippen LogP contribution is -2.33. The van der Waals surface area contributed by atoms with Crippen LogP contribution in [-0.2, 0) is 6.54 Å². The second-order valence-corrected chi connectivity index (χ2v) is 3.41. The minimum absolute atomic E-state index is 0.645. The Labute approximate surface area is 77.7 Å². The van der Waals surface area contributed by atoms with Crippen molar-refractivity contribution >= 4 is 0 Å². The van der Waals surface area contributed by atoms with Crippen LogP contribution in [0, 0.1) is 0 Å². The average Bonchev–Trinajstić information content (AvgIpc) is 2.75. The summed E-state index contributed by atoms with van der Waals surface area (Å²) >= 11 is 0. The Morgan fingerprint density at radius 3 is 3.38 bits per heavy atom. The molecular formula is C9H15N3O. The fourth-order valence-corrected chi connectivity index (χ4v) is 1.63. The first-order chi connectivity index (χ1) is 6.45. The van der Waals surface area contributed by atoms with E-state index in [1.54, 1.807) is 6.26 Å². The fraction of sp³-hybridized carbons (Fsp3) is 0.667. The van der Waals surface area contributed by atoms with Crippen LogP contribution < -0.4 is 10.6 Å². The number of nitrogens with one attached hydrogen (secondary N) is 2. The Hall–Kier alpha value is -0.870. The largest absolute Gasteiger partial charge is 0.364 e. The van der Waals surface area contributed by atoms with Gasteiger partial charge in [-0.3, -0.25) is 0 Å². The molecule has 0 saturated carbocycles. The van der Waals surface area contributed by atoms with Gasteiger partial charge in [0.15, 0.2) is 0 Å². The maximum Gasteiger partial charge on any atom is 0.124 e. The summed E-state index contributed by atoms with van der Waals surface area (Å²) in [5.74, 6) is 0. The third-order valence-corrected chi connectivity index (χ3v) is 2.35. The molecule has 1 fully saturated rings. The molecule has 72 valence electrons. The number of rotatable bonds is 4. The van der Waals surface area contributed by atoms with Crippen molar-refractivity contribution in [3.63, 3.8) is 0 Å². The molecule has 0 amide bonds. The molecule has 1 unspecified atom stereocenters. The standard InChI is InChI=1S/C9H15N3O/c1-2-8(11-4-1)6-10-7-9-3-5-13-12-9/h3,5,8,10-11H,1-2,4,6-7H2. The van der Waals surface area contributed by atoms with E-state index >= 15 is 0 Å². The van der Waals surface area contributed by atoms with Gasteiger partial charge in [0.25, 0.3) is 0 Å². The second-order valence-electron chi connectivity index (χ2n) is 3.41. The zero-order chi connectivity index (χ0) is 8.93. The van der Waals surface area contributed by atoms with E-state index in [1.807, 2.05) is 6.07 Å². The molecular weight excluding hydrogens is 166 g/mol. The maximum atomic E-state index is 4.73. The van der Waals surface area contributed by atoms with Crippen LogP contribution >= 0.6 is 0 Å². The van der Waals surface area contributed by atoms with Gasteiger partial charge in [0.2, 0.25) is 0 Å². The highest BCUT2D eigenvalue weighted by Crippen LogP contribution is 2.03. The van der Waals surface area contributed by atoms with Crippen molar-refractivity contribution in [3.8, 4) is 0 Å². The van der Waals surface area contributed by atoms with Gasteiger partial charge in [0.1, 0.15) is 6.26 Å². The summed E-state index contributed by atoms with van der Waals surface area (Å²) in [4.78, 5) is 0. The topological polar surface area (TPSA) is 50.1 Å². The summed E-state index contributed by atoms with van der Waals surface area (Å²) in [5.41, 5.74) is 0.970. The van der Waals surface area contributed by atoms with Crippen molar-refractivity contribution in [3.05, 3.63) is 18.0 Å². The van der Waals surface area contributed by atoms with Crippen molar-refractivity contribution in [2.45, 2.75) is 25.4 Å². The molecule has 1 aliphatic heterocycles. The molecule has 1 aliphatic rings. The Morgan fingerprint density at radius 1 is 1.69 bits per heavy atom. The highest BCUT2D eigenvalue weighted by atomic mass is 16.5. The SMILES string of the molecule is c1cc(CNCC2CCCN2)no1. The molecule has 1 aromatic heterocycles. The van der Waals surface area contributed by atoms with Crippen molar-refractivity contribution in [1.29, 1.82) is 0 Å². The van der Waals surface area contributed by atoms with E-state index in [1.165, 1.54) is 12.8 Å². The van der Waals surface area contributed by atoms with Crippen molar-refractivity contribution < 1.29 is 4.52 Å². The quantitative estimate of drug-likeness (QED) is 0.711. The molecule has 0 aliphatic carbocycles. The smallest absolute Gasteiger partial charge is 0.124 e. The first kappa shape index (κ1) is 8.72. The minimum Gasteiger partial charge on any atom is -0.364 e. The van der Waals surface area contributed by atoms with Crippen LogP contribution in [0.4, 0.5) is 0 Å². The monoisotopic (exact) mass is 181 g/mol. The third kappa shape index (κ3) is 2.54. The van der Waals surface area contributed by atoms with Gasteiger partial charge < -0.3 is 15.2 Å². The molecule has 13 heavy (non-hydrogen) atoms. The average molecular weight is 181 g/mol. The Balaban J connectivity index is 1.63. The molecule has 0 radical (unpaired) electrons. The molecule has 0 bridgehead atoms. The first-order valence-corrected chi connectivity index (χ1v) is 4.78. The highest BCUT2D eigenvalue weighted by molar-refractivity contribution is 4.94. The van der Waals surface area contributed by atoms with Crippen molar-refractivity contribution in [2.75, 3.05) is 13.1 Å². The summed E-state index contributed by atoms with van der Waals surface area (Å²) in [6, 6.07) is 2.53. The van der Waals surface area contributed by atoms with Crippen LogP contribution in [0.15, 0.2) is 16.9 Å². The molecule has 4 heteroatoms. The third-order valence-electron chi connectivity index (χ3n) is 2.35. The van der Waals surface area contributed by atoms with Crippen LogP contribution in [0.3, 0.4) is 0 Å². The van der Waals surface area contributed by atoms with E-state index < -0.39 is 0 Å². The van der Waals surface area contributed by atoms with Crippen LogP contribution in [0.2, 0.25) is 0 Å². The highest BCUT2D eigenvalue weighted by Gasteiger charge is 2.12. The van der Waals surface area contributed by atoms with E-state index in [0.717, 1.165) is 25.3 Å². The lowest BCUT2D eigenvalue weighted by molar-refractivity contribution is 0.407. The normalized spacial score (nSPS) is 22.3. The number of hydrogen-bond acceptors (Lipinski definition) is 4. The van der Waals surface area contributed by atoms with Gasteiger partial charge >= 0.3 is 0 Å². The molecule has 2 rings (SSSR count).